The highest BCUT2D eigenvalue weighted by molar-refractivity contribution is 5.93. The Labute approximate surface area is 118 Å². The van der Waals surface area contributed by atoms with Gasteiger partial charge in [0.05, 0.1) is 0 Å². The van der Waals surface area contributed by atoms with Crippen LogP contribution < -0.4 is 0 Å². The Balaban J connectivity index is 2.03. The highest BCUT2D eigenvalue weighted by Crippen LogP contribution is 2.29. The van der Waals surface area contributed by atoms with Crippen LogP contribution in [0.1, 0.15) is 24.0 Å². The van der Waals surface area contributed by atoms with Gasteiger partial charge in [0, 0.05) is 12.6 Å². The van der Waals surface area contributed by atoms with Gasteiger partial charge in [0.25, 0.3) is 0 Å². The molecule has 20 heavy (non-hydrogen) atoms. The van der Waals surface area contributed by atoms with Gasteiger partial charge >= 0.3 is 5.97 Å². The van der Waals surface area contributed by atoms with Crippen LogP contribution in [0.4, 0.5) is 0 Å². The molecule has 0 aromatic heterocycles. The van der Waals surface area contributed by atoms with E-state index >= 15 is 0 Å². The molecule has 2 rings (SSSR count). The maximum absolute atomic E-state index is 12.1. The van der Waals surface area contributed by atoms with E-state index in [4.69, 9.17) is 5.11 Å². The molecule has 0 unspecified atom stereocenters. The second-order valence-electron chi connectivity index (χ2n) is 5.25. The molecule has 1 aromatic rings. The first-order valence-corrected chi connectivity index (χ1v) is 6.80. The molecule has 1 saturated carbocycles. The van der Waals surface area contributed by atoms with Crippen molar-refractivity contribution in [3.63, 3.8) is 0 Å². The first-order chi connectivity index (χ1) is 9.56. The molecule has 4 heteroatoms. The molecule has 4 nitrogen and oxygen atoms in total. The minimum absolute atomic E-state index is 0.229. The highest BCUT2D eigenvalue weighted by Gasteiger charge is 2.27. The van der Waals surface area contributed by atoms with Gasteiger partial charge in [-0.15, -0.1) is 0 Å². The number of nitrogens with zero attached hydrogens (tertiary/aromatic N) is 1. The third-order valence-corrected chi connectivity index (χ3v) is 3.41. The van der Waals surface area contributed by atoms with E-state index in [1.807, 2.05) is 31.2 Å². The third kappa shape index (κ3) is 4.23. The average molecular weight is 273 g/mol. The summed E-state index contributed by atoms with van der Waals surface area (Å²) in [5.41, 5.74) is 2.06. The third-order valence-electron chi connectivity index (χ3n) is 3.41. The number of carboxylic acid groups (broad SMARTS) is 1. The summed E-state index contributed by atoms with van der Waals surface area (Å²) in [5, 5.41) is 8.88. The van der Waals surface area contributed by atoms with Gasteiger partial charge in [-0.1, -0.05) is 24.3 Å². The maximum atomic E-state index is 12.1. The Kier molecular flexibility index (Phi) is 4.56. The van der Waals surface area contributed by atoms with E-state index in [0.29, 0.717) is 12.5 Å². The van der Waals surface area contributed by atoms with Crippen molar-refractivity contribution in [3.8, 4) is 0 Å². The minimum Gasteiger partial charge on any atom is -0.480 e. The molecule has 0 saturated heterocycles. The highest BCUT2D eigenvalue weighted by atomic mass is 16.4. The Morgan fingerprint density at radius 2 is 2.05 bits per heavy atom. The molecule has 1 aromatic carbocycles. The molecule has 0 spiro atoms. The zero-order valence-electron chi connectivity index (χ0n) is 11.6. The van der Waals surface area contributed by atoms with Crippen molar-refractivity contribution in [3.05, 3.63) is 41.5 Å². The van der Waals surface area contributed by atoms with Gasteiger partial charge < -0.3 is 10.0 Å². The van der Waals surface area contributed by atoms with Gasteiger partial charge in [-0.3, -0.25) is 9.59 Å². The summed E-state index contributed by atoms with van der Waals surface area (Å²) in [6.45, 7) is 2.29. The first kappa shape index (κ1) is 14.3. The van der Waals surface area contributed by atoms with Gasteiger partial charge in [-0.2, -0.15) is 0 Å². The summed E-state index contributed by atoms with van der Waals surface area (Å²) in [5.74, 6) is -0.726. The lowest BCUT2D eigenvalue weighted by Crippen LogP contribution is -2.36. The molecule has 1 fully saturated rings. The van der Waals surface area contributed by atoms with Crippen LogP contribution in [0.3, 0.4) is 0 Å². The predicted octanol–water partition coefficient (Wildman–Crippen LogP) is 2.33. The molecule has 0 bridgehead atoms. The van der Waals surface area contributed by atoms with E-state index in [1.165, 1.54) is 11.0 Å². The molecule has 1 aliphatic carbocycles. The Morgan fingerprint density at radius 3 is 2.65 bits per heavy atom. The molecule has 0 aliphatic heterocycles. The van der Waals surface area contributed by atoms with Gasteiger partial charge in [-0.05, 0) is 42.9 Å². The van der Waals surface area contributed by atoms with Crippen molar-refractivity contribution in [2.75, 3.05) is 13.1 Å². The summed E-state index contributed by atoms with van der Waals surface area (Å²) in [6, 6.07) is 7.76. The largest absolute Gasteiger partial charge is 0.480 e. The smallest absolute Gasteiger partial charge is 0.323 e. The quantitative estimate of drug-likeness (QED) is 0.809. The number of aliphatic carboxylic acids is 1. The van der Waals surface area contributed by atoms with Gasteiger partial charge in [0.2, 0.25) is 5.91 Å². The Hall–Kier alpha value is -2.10. The first-order valence-electron chi connectivity index (χ1n) is 6.80. The number of carboxylic acids is 1. The van der Waals surface area contributed by atoms with Crippen LogP contribution in [-0.4, -0.2) is 35.0 Å². The van der Waals surface area contributed by atoms with Gasteiger partial charge in [0.15, 0.2) is 0 Å². The van der Waals surface area contributed by atoms with Crippen LogP contribution in [0.15, 0.2) is 30.3 Å². The standard InChI is InChI=1S/C16H19NO3/c1-12-4-2-3-5-14(12)8-9-15(18)17(11-16(19)20)10-13-6-7-13/h2-5,8-9,13H,6-7,10-11H2,1H3,(H,19,20)/b9-8+. The number of carbonyl (C=O) groups is 2. The van der Waals surface area contributed by atoms with E-state index in [9.17, 15) is 9.59 Å². The Morgan fingerprint density at radius 1 is 1.35 bits per heavy atom. The summed E-state index contributed by atoms with van der Waals surface area (Å²) >= 11 is 0. The van der Waals surface area contributed by atoms with Crippen molar-refractivity contribution < 1.29 is 14.7 Å². The number of hydrogen-bond acceptors (Lipinski definition) is 2. The number of amides is 1. The molecule has 0 heterocycles. The number of carbonyl (C=O) groups excluding carboxylic acids is 1. The Bertz CT molecular complexity index is 532. The average Bonchev–Trinajstić information content (AvgIpc) is 3.20. The van der Waals surface area contributed by atoms with E-state index in [2.05, 4.69) is 0 Å². The van der Waals surface area contributed by atoms with E-state index in [0.717, 1.165) is 24.0 Å². The van der Waals surface area contributed by atoms with Crippen molar-refractivity contribution >= 4 is 18.0 Å². The lowest BCUT2D eigenvalue weighted by atomic mass is 10.1. The maximum Gasteiger partial charge on any atom is 0.323 e. The van der Waals surface area contributed by atoms with Crippen molar-refractivity contribution in [1.82, 2.24) is 4.90 Å². The second kappa shape index (κ2) is 6.37. The van der Waals surface area contributed by atoms with Crippen molar-refractivity contribution in [1.29, 1.82) is 0 Å². The predicted molar refractivity (Wildman–Crippen MR) is 77.2 cm³/mol. The zero-order chi connectivity index (χ0) is 14.5. The van der Waals surface area contributed by atoms with Gasteiger partial charge in [0.1, 0.15) is 6.54 Å². The summed E-state index contributed by atoms with van der Waals surface area (Å²) in [4.78, 5) is 24.3. The van der Waals surface area contributed by atoms with E-state index < -0.39 is 5.97 Å². The van der Waals surface area contributed by atoms with Crippen molar-refractivity contribution in [2.24, 2.45) is 5.92 Å². The van der Waals surface area contributed by atoms with E-state index in [-0.39, 0.29) is 12.5 Å². The number of benzene rings is 1. The van der Waals surface area contributed by atoms with Crippen LogP contribution in [0.5, 0.6) is 0 Å². The van der Waals surface area contributed by atoms with Crippen LogP contribution in [0.2, 0.25) is 0 Å². The number of rotatable bonds is 6. The molecule has 1 aliphatic rings. The summed E-state index contributed by atoms with van der Waals surface area (Å²) in [6.07, 6.45) is 5.39. The molecule has 0 atom stereocenters. The minimum atomic E-state index is -0.969. The monoisotopic (exact) mass is 273 g/mol. The number of aryl methyl sites for hydroxylation is 1. The van der Waals surface area contributed by atoms with E-state index in [1.54, 1.807) is 6.08 Å². The SMILES string of the molecule is Cc1ccccc1/C=C/C(=O)N(CC(=O)O)CC1CC1. The van der Waals surface area contributed by atoms with Crippen LogP contribution in [0.25, 0.3) is 6.08 Å². The van der Waals surface area contributed by atoms with Crippen molar-refractivity contribution in [2.45, 2.75) is 19.8 Å². The zero-order valence-corrected chi connectivity index (χ0v) is 11.6. The molecule has 0 radical (unpaired) electrons. The fourth-order valence-electron chi connectivity index (χ4n) is 2.05. The number of hydrogen-bond donors (Lipinski definition) is 1. The van der Waals surface area contributed by atoms with Gasteiger partial charge in [-0.25, -0.2) is 0 Å². The van der Waals surface area contributed by atoms with Crippen LogP contribution in [-0.2, 0) is 9.59 Å². The fraction of sp³-hybridized carbons (Fsp3) is 0.375. The lowest BCUT2D eigenvalue weighted by molar-refractivity contribution is -0.142. The molecular weight excluding hydrogens is 254 g/mol. The summed E-state index contributed by atoms with van der Waals surface area (Å²) < 4.78 is 0. The van der Waals surface area contributed by atoms with Crippen LogP contribution in [0, 0.1) is 12.8 Å². The fourth-order valence-corrected chi connectivity index (χ4v) is 2.05. The molecular formula is C16H19NO3. The molecule has 1 amide bonds. The molecule has 106 valence electrons. The summed E-state index contributed by atoms with van der Waals surface area (Å²) in [7, 11) is 0. The second-order valence-corrected chi connectivity index (χ2v) is 5.25. The normalized spacial score (nSPS) is 14.4. The lowest BCUT2D eigenvalue weighted by Gasteiger charge is -2.18. The van der Waals surface area contributed by atoms with Crippen LogP contribution >= 0.6 is 0 Å². The topological polar surface area (TPSA) is 57.6 Å². The molecule has 1 N–H and O–H groups in total.